The highest BCUT2D eigenvalue weighted by atomic mass is 35.5. The molecule has 1 atom stereocenters. The summed E-state index contributed by atoms with van der Waals surface area (Å²) in [5, 5.41) is 0.434. The molecule has 0 saturated heterocycles. The van der Waals surface area contributed by atoms with Crippen molar-refractivity contribution < 1.29 is 0 Å². The van der Waals surface area contributed by atoms with Gasteiger partial charge in [0.2, 0.25) is 0 Å². The minimum atomic E-state index is 0.434. The standard InChI is InChI=1S/C14H14ClN3/c1-10-6-11-4-2-3-5-12(11)18(9-10)14-8-16-7-13(15)17-14/h2-5,7-8,10H,6,9H2,1H3. The fourth-order valence-electron chi connectivity index (χ4n) is 2.48. The first kappa shape index (κ1) is 11.5. The predicted octanol–water partition coefficient (Wildman–Crippen LogP) is 3.46. The quantitative estimate of drug-likeness (QED) is 0.785. The third-order valence-electron chi connectivity index (χ3n) is 3.21. The lowest BCUT2D eigenvalue weighted by Crippen LogP contribution is -2.31. The van der Waals surface area contributed by atoms with Crippen LogP contribution in [0.5, 0.6) is 0 Å². The van der Waals surface area contributed by atoms with Crippen molar-refractivity contribution in [1.82, 2.24) is 9.97 Å². The highest BCUT2D eigenvalue weighted by Crippen LogP contribution is 2.34. The number of benzene rings is 1. The fraction of sp³-hybridized carbons (Fsp3) is 0.286. The van der Waals surface area contributed by atoms with Crippen molar-refractivity contribution >= 4 is 23.1 Å². The van der Waals surface area contributed by atoms with E-state index in [9.17, 15) is 0 Å². The molecule has 2 aromatic rings. The Bertz CT molecular complexity index is 570. The number of fused-ring (bicyclic) bond motifs is 1. The third-order valence-corrected chi connectivity index (χ3v) is 3.40. The van der Waals surface area contributed by atoms with Crippen LogP contribution in [-0.4, -0.2) is 16.5 Å². The lowest BCUT2D eigenvalue weighted by Gasteiger charge is -2.33. The highest BCUT2D eigenvalue weighted by molar-refractivity contribution is 6.29. The maximum atomic E-state index is 5.93. The Morgan fingerprint density at radius 2 is 2.11 bits per heavy atom. The monoisotopic (exact) mass is 259 g/mol. The molecule has 4 heteroatoms. The van der Waals surface area contributed by atoms with Crippen molar-refractivity contribution in [3.63, 3.8) is 0 Å². The zero-order valence-electron chi connectivity index (χ0n) is 10.2. The van der Waals surface area contributed by atoms with E-state index in [-0.39, 0.29) is 0 Å². The van der Waals surface area contributed by atoms with Gasteiger partial charge in [-0.05, 0) is 24.0 Å². The van der Waals surface area contributed by atoms with E-state index >= 15 is 0 Å². The number of nitrogens with zero attached hydrogens (tertiary/aromatic N) is 3. The first-order valence-corrected chi connectivity index (χ1v) is 6.45. The van der Waals surface area contributed by atoms with Crippen LogP contribution in [0.3, 0.4) is 0 Å². The lowest BCUT2D eigenvalue weighted by molar-refractivity contribution is 0.560. The van der Waals surface area contributed by atoms with Gasteiger partial charge in [-0.2, -0.15) is 0 Å². The predicted molar refractivity (Wildman–Crippen MR) is 73.4 cm³/mol. The zero-order valence-corrected chi connectivity index (χ0v) is 10.9. The van der Waals surface area contributed by atoms with Crippen LogP contribution in [0.25, 0.3) is 0 Å². The molecule has 18 heavy (non-hydrogen) atoms. The van der Waals surface area contributed by atoms with Gasteiger partial charge in [-0.3, -0.25) is 4.98 Å². The summed E-state index contributed by atoms with van der Waals surface area (Å²) in [6, 6.07) is 8.44. The highest BCUT2D eigenvalue weighted by Gasteiger charge is 2.23. The largest absolute Gasteiger partial charge is 0.325 e. The lowest BCUT2D eigenvalue weighted by atomic mass is 9.94. The number of anilines is 2. The van der Waals surface area contributed by atoms with E-state index in [0.29, 0.717) is 11.1 Å². The molecule has 0 bridgehead atoms. The molecule has 0 spiro atoms. The minimum absolute atomic E-state index is 0.434. The fourth-order valence-corrected chi connectivity index (χ4v) is 2.62. The van der Waals surface area contributed by atoms with Gasteiger partial charge in [0.25, 0.3) is 0 Å². The SMILES string of the molecule is CC1Cc2ccccc2N(c2cncc(Cl)n2)C1. The second kappa shape index (κ2) is 4.58. The summed E-state index contributed by atoms with van der Waals surface area (Å²) in [6.07, 6.45) is 4.44. The number of hydrogen-bond acceptors (Lipinski definition) is 3. The van der Waals surface area contributed by atoms with Crippen molar-refractivity contribution in [1.29, 1.82) is 0 Å². The maximum absolute atomic E-state index is 5.93. The molecule has 0 amide bonds. The molecule has 0 radical (unpaired) electrons. The topological polar surface area (TPSA) is 29.0 Å². The average Bonchev–Trinajstić information content (AvgIpc) is 2.37. The Labute approximate surface area is 111 Å². The molecule has 3 nitrogen and oxygen atoms in total. The van der Waals surface area contributed by atoms with Crippen LogP contribution in [0.2, 0.25) is 5.15 Å². The Hall–Kier alpha value is -1.61. The van der Waals surface area contributed by atoms with Crippen LogP contribution < -0.4 is 4.90 Å². The molecule has 92 valence electrons. The Morgan fingerprint density at radius 3 is 2.94 bits per heavy atom. The summed E-state index contributed by atoms with van der Waals surface area (Å²) in [4.78, 5) is 10.7. The van der Waals surface area contributed by atoms with Crippen LogP contribution in [-0.2, 0) is 6.42 Å². The number of aromatic nitrogens is 2. The molecule has 0 N–H and O–H groups in total. The van der Waals surface area contributed by atoms with Gasteiger partial charge >= 0.3 is 0 Å². The van der Waals surface area contributed by atoms with Crippen LogP contribution in [0, 0.1) is 5.92 Å². The van der Waals surface area contributed by atoms with Crippen molar-refractivity contribution in [2.45, 2.75) is 13.3 Å². The van der Waals surface area contributed by atoms with Gasteiger partial charge in [-0.1, -0.05) is 36.7 Å². The summed E-state index contributed by atoms with van der Waals surface area (Å²) >= 11 is 5.93. The van der Waals surface area contributed by atoms with E-state index in [2.05, 4.69) is 46.1 Å². The average molecular weight is 260 g/mol. The molecule has 2 heterocycles. The molecule has 1 aromatic heterocycles. The van der Waals surface area contributed by atoms with Gasteiger partial charge in [0.1, 0.15) is 5.15 Å². The Kier molecular flexibility index (Phi) is 2.92. The van der Waals surface area contributed by atoms with Crippen molar-refractivity contribution in [2.75, 3.05) is 11.4 Å². The molecule has 1 aliphatic heterocycles. The van der Waals surface area contributed by atoms with Crippen molar-refractivity contribution in [3.8, 4) is 0 Å². The molecule has 1 aliphatic rings. The summed E-state index contributed by atoms with van der Waals surface area (Å²) in [6.45, 7) is 3.20. The molecular weight excluding hydrogens is 246 g/mol. The molecule has 0 saturated carbocycles. The van der Waals surface area contributed by atoms with E-state index in [4.69, 9.17) is 11.6 Å². The maximum Gasteiger partial charge on any atom is 0.153 e. The summed E-state index contributed by atoms with van der Waals surface area (Å²) < 4.78 is 0. The van der Waals surface area contributed by atoms with Gasteiger partial charge in [0.15, 0.2) is 5.82 Å². The van der Waals surface area contributed by atoms with Gasteiger partial charge in [-0.25, -0.2) is 4.98 Å². The van der Waals surface area contributed by atoms with Gasteiger partial charge in [0, 0.05) is 12.2 Å². The summed E-state index contributed by atoms with van der Waals surface area (Å²) in [7, 11) is 0. The molecule has 0 fully saturated rings. The van der Waals surface area contributed by atoms with Crippen LogP contribution >= 0.6 is 11.6 Å². The van der Waals surface area contributed by atoms with Crippen LogP contribution in [0.15, 0.2) is 36.7 Å². The minimum Gasteiger partial charge on any atom is -0.325 e. The number of halogens is 1. The third kappa shape index (κ3) is 2.06. The summed E-state index contributed by atoms with van der Waals surface area (Å²) in [5.41, 5.74) is 2.57. The molecule has 3 rings (SSSR count). The summed E-state index contributed by atoms with van der Waals surface area (Å²) in [5.74, 6) is 1.42. The van der Waals surface area contributed by atoms with Crippen LogP contribution in [0.4, 0.5) is 11.5 Å². The van der Waals surface area contributed by atoms with E-state index in [1.165, 1.54) is 11.3 Å². The molecule has 1 aromatic carbocycles. The molecule has 1 unspecified atom stereocenters. The second-order valence-electron chi connectivity index (χ2n) is 4.75. The van der Waals surface area contributed by atoms with Gasteiger partial charge in [-0.15, -0.1) is 0 Å². The second-order valence-corrected chi connectivity index (χ2v) is 5.14. The Balaban J connectivity index is 2.07. The normalized spacial score (nSPS) is 18.6. The van der Waals surface area contributed by atoms with Crippen molar-refractivity contribution in [3.05, 3.63) is 47.4 Å². The van der Waals surface area contributed by atoms with Gasteiger partial charge in [0.05, 0.1) is 12.4 Å². The van der Waals surface area contributed by atoms with E-state index < -0.39 is 0 Å². The number of hydrogen-bond donors (Lipinski definition) is 0. The van der Waals surface area contributed by atoms with E-state index in [0.717, 1.165) is 18.8 Å². The van der Waals surface area contributed by atoms with Gasteiger partial charge < -0.3 is 4.90 Å². The Morgan fingerprint density at radius 1 is 1.28 bits per heavy atom. The number of rotatable bonds is 1. The molecule has 0 aliphatic carbocycles. The van der Waals surface area contributed by atoms with E-state index in [1.807, 2.05) is 0 Å². The molecular formula is C14H14ClN3. The van der Waals surface area contributed by atoms with E-state index in [1.54, 1.807) is 12.4 Å². The van der Waals surface area contributed by atoms with Crippen molar-refractivity contribution in [2.24, 2.45) is 5.92 Å². The first-order chi connectivity index (χ1) is 8.74. The van der Waals surface area contributed by atoms with Crippen LogP contribution in [0.1, 0.15) is 12.5 Å². The first-order valence-electron chi connectivity index (χ1n) is 6.07. The zero-order chi connectivity index (χ0) is 12.5. The number of para-hydroxylation sites is 1. The smallest absolute Gasteiger partial charge is 0.153 e.